The van der Waals surface area contributed by atoms with Crippen molar-refractivity contribution in [3.8, 4) is 0 Å². The molecule has 0 aliphatic carbocycles. The van der Waals surface area contributed by atoms with Crippen molar-refractivity contribution in [2.24, 2.45) is 7.05 Å². The topological polar surface area (TPSA) is 46.9 Å². The molecule has 0 fully saturated rings. The van der Waals surface area contributed by atoms with E-state index < -0.39 is 0 Å². The first-order valence-corrected chi connectivity index (χ1v) is 7.87. The van der Waals surface area contributed by atoms with Crippen molar-refractivity contribution in [2.45, 2.75) is 13.1 Å². The van der Waals surface area contributed by atoms with E-state index in [-0.39, 0.29) is 5.56 Å². The highest BCUT2D eigenvalue weighted by Gasteiger charge is 2.32. The summed E-state index contributed by atoms with van der Waals surface area (Å²) < 4.78 is 5.73. The highest BCUT2D eigenvalue weighted by atomic mass is 35.5. The maximum atomic E-state index is 12.7. The number of likely N-dealkylation sites (N-methyl/N-ethyl adjacent to an activating group) is 1. The summed E-state index contributed by atoms with van der Waals surface area (Å²) in [5.41, 5.74) is 2.49. The molecule has 0 saturated heterocycles. The number of imidazole rings is 1. The predicted molar refractivity (Wildman–Crippen MR) is 89.0 cm³/mol. The number of anilines is 1. The average Bonchev–Trinajstić information content (AvgIpc) is 3.10. The van der Waals surface area contributed by atoms with Crippen LogP contribution in [0.15, 0.2) is 35.4 Å². The van der Waals surface area contributed by atoms with Crippen LogP contribution in [0.1, 0.15) is 5.56 Å². The van der Waals surface area contributed by atoms with E-state index in [9.17, 15) is 4.79 Å². The van der Waals surface area contributed by atoms with Crippen LogP contribution in [0.5, 0.6) is 0 Å². The van der Waals surface area contributed by atoms with Crippen LogP contribution >= 0.6 is 11.6 Å². The van der Waals surface area contributed by atoms with Crippen LogP contribution in [0.4, 0.5) is 5.95 Å². The molecular formula is C16H17ClN5O+. The summed E-state index contributed by atoms with van der Waals surface area (Å²) >= 11 is 5.97. The fourth-order valence-corrected chi connectivity index (χ4v) is 3.33. The Morgan fingerprint density at radius 3 is 2.70 bits per heavy atom. The summed E-state index contributed by atoms with van der Waals surface area (Å²) in [6, 6.07) is 7.76. The lowest BCUT2D eigenvalue weighted by Crippen LogP contribution is -2.45. The van der Waals surface area contributed by atoms with Crippen molar-refractivity contribution in [3.63, 3.8) is 0 Å². The van der Waals surface area contributed by atoms with Crippen LogP contribution in [0.3, 0.4) is 0 Å². The first kappa shape index (κ1) is 14.3. The number of aryl methyl sites for hydroxylation is 1. The van der Waals surface area contributed by atoms with Gasteiger partial charge in [-0.25, -0.2) is 9.13 Å². The summed E-state index contributed by atoms with van der Waals surface area (Å²) in [7, 11) is 3.86. The van der Waals surface area contributed by atoms with Crippen LogP contribution in [0, 0.1) is 0 Å². The molecular weight excluding hydrogens is 314 g/mol. The SMILES string of the molecule is CN1CCn2c1[n+](Cc1ccc(Cl)cc1)c1ncn(C)c1c2=O. The van der Waals surface area contributed by atoms with Gasteiger partial charge in [0.05, 0.1) is 19.6 Å². The van der Waals surface area contributed by atoms with E-state index in [1.54, 1.807) is 10.9 Å². The van der Waals surface area contributed by atoms with Gasteiger partial charge in [-0.05, 0) is 17.7 Å². The van der Waals surface area contributed by atoms with E-state index in [1.165, 1.54) is 0 Å². The maximum absolute atomic E-state index is 12.7. The Bertz CT molecular complexity index is 957. The van der Waals surface area contributed by atoms with Crippen molar-refractivity contribution in [1.82, 2.24) is 14.1 Å². The Balaban J connectivity index is 1.98. The normalized spacial score (nSPS) is 13.8. The van der Waals surface area contributed by atoms with Gasteiger partial charge < -0.3 is 4.57 Å². The predicted octanol–water partition coefficient (Wildman–Crippen LogP) is 1.17. The number of aromatic nitrogens is 4. The van der Waals surface area contributed by atoms with Crippen LogP contribution in [-0.4, -0.2) is 27.7 Å². The fourth-order valence-electron chi connectivity index (χ4n) is 3.20. The standard InChI is InChI=1S/C16H17ClN5O/c1-19-7-8-21-15(23)13-14(18-10-20(13)2)22(16(19)21)9-11-3-5-12(17)6-4-11/h3-6,10H,7-9H2,1-2H3/q+1. The lowest BCUT2D eigenvalue weighted by atomic mass is 10.2. The largest absolute Gasteiger partial charge is 0.325 e. The molecule has 4 rings (SSSR count). The number of rotatable bonds is 2. The smallest absolute Gasteiger partial charge is 0.315 e. The molecule has 3 heterocycles. The average molecular weight is 331 g/mol. The van der Waals surface area contributed by atoms with Gasteiger partial charge in [-0.3, -0.25) is 9.69 Å². The van der Waals surface area contributed by atoms with Gasteiger partial charge in [0.2, 0.25) is 0 Å². The van der Waals surface area contributed by atoms with Crippen molar-refractivity contribution in [2.75, 3.05) is 18.5 Å². The van der Waals surface area contributed by atoms with Crippen LogP contribution < -0.4 is 15.0 Å². The van der Waals surface area contributed by atoms with E-state index >= 15 is 0 Å². The Kier molecular flexibility index (Phi) is 3.16. The number of nitrogens with zero attached hydrogens (tertiary/aromatic N) is 5. The van der Waals surface area contributed by atoms with Crippen LogP contribution in [-0.2, 0) is 20.1 Å². The van der Waals surface area contributed by atoms with Gasteiger partial charge in [0.1, 0.15) is 0 Å². The molecule has 0 amide bonds. The molecule has 0 N–H and O–H groups in total. The Hall–Kier alpha value is -2.34. The van der Waals surface area contributed by atoms with Gasteiger partial charge in [-0.2, -0.15) is 0 Å². The third kappa shape index (κ3) is 2.13. The number of benzene rings is 1. The van der Waals surface area contributed by atoms with Crippen molar-refractivity contribution in [1.29, 1.82) is 0 Å². The molecule has 1 aromatic carbocycles. The minimum atomic E-state index is 0.0201. The van der Waals surface area contributed by atoms with Gasteiger partial charge in [-0.1, -0.05) is 23.7 Å². The Labute approximate surface area is 138 Å². The molecule has 0 radical (unpaired) electrons. The van der Waals surface area contributed by atoms with Crippen LogP contribution in [0.2, 0.25) is 5.02 Å². The summed E-state index contributed by atoms with van der Waals surface area (Å²) in [6.45, 7) is 2.17. The molecule has 0 unspecified atom stereocenters. The van der Waals surface area contributed by atoms with E-state index in [4.69, 9.17) is 11.6 Å². The number of fused-ring (bicyclic) bond motifs is 2. The molecule has 2 aromatic heterocycles. The lowest BCUT2D eigenvalue weighted by Gasteiger charge is -2.13. The van der Waals surface area contributed by atoms with E-state index in [0.717, 1.165) is 18.1 Å². The van der Waals surface area contributed by atoms with Gasteiger partial charge >= 0.3 is 11.5 Å². The molecule has 7 heteroatoms. The van der Waals surface area contributed by atoms with Crippen molar-refractivity contribution >= 4 is 28.7 Å². The minimum absolute atomic E-state index is 0.0201. The molecule has 118 valence electrons. The first-order valence-electron chi connectivity index (χ1n) is 7.49. The number of hydrogen-bond donors (Lipinski definition) is 0. The highest BCUT2D eigenvalue weighted by Crippen LogP contribution is 2.17. The summed E-state index contributed by atoms with van der Waals surface area (Å²) in [5, 5.41) is 0.716. The van der Waals surface area contributed by atoms with Crippen molar-refractivity contribution < 1.29 is 4.57 Å². The molecule has 1 aliphatic heterocycles. The number of hydrogen-bond acceptors (Lipinski definition) is 3. The number of halogens is 1. The summed E-state index contributed by atoms with van der Waals surface area (Å²) in [4.78, 5) is 19.3. The van der Waals surface area contributed by atoms with E-state index in [2.05, 4.69) is 14.5 Å². The quantitative estimate of drug-likeness (QED) is 0.663. The second kappa shape index (κ2) is 5.09. The summed E-state index contributed by atoms with van der Waals surface area (Å²) in [6.07, 6.45) is 1.69. The zero-order chi connectivity index (χ0) is 16.1. The van der Waals surface area contributed by atoms with Crippen molar-refractivity contribution in [3.05, 3.63) is 51.5 Å². The molecule has 6 nitrogen and oxygen atoms in total. The highest BCUT2D eigenvalue weighted by molar-refractivity contribution is 6.30. The van der Waals surface area contributed by atoms with Gasteiger partial charge in [0, 0.05) is 19.1 Å². The third-order valence-electron chi connectivity index (χ3n) is 4.36. The zero-order valence-corrected chi connectivity index (χ0v) is 13.8. The minimum Gasteiger partial charge on any atom is -0.315 e. The molecule has 0 spiro atoms. The Morgan fingerprint density at radius 1 is 1.22 bits per heavy atom. The fraction of sp³-hybridized carbons (Fsp3) is 0.312. The monoisotopic (exact) mass is 330 g/mol. The zero-order valence-electron chi connectivity index (χ0n) is 13.0. The molecule has 23 heavy (non-hydrogen) atoms. The molecule has 3 aromatic rings. The lowest BCUT2D eigenvalue weighted by molar-refractivity contribution is -0.654. The summed E-state index contributed by atoms with van der Waals surface area (Å²) in [5.74, 6) is 0.899. The second-order valence-corrected chi connectivity index (χ2v) is 6.36. The van der Waals surface area contributed by atoms with E-state index in [0.29, 0.717) is 29.3 Å². The van der Waals surface area contributed by atoms with E-state index in [1.807, 2.05) is 42.9 Å². The first-order chi connectivity index (χ1) is 11.1. The molecule has 0 atom stereocenters. The molecule has 0 bridgehead atoms. The van der Waals surface area contributed by atoms with Gasteiger partial charge in [0.25, 0.3) is 5.65 Å². The molecule has 0 saturated carbocycles. The Morgan fingerprint density at radius 2 is 1.96 bits per heavy atom. The van der Waals surface area contributed by atoms with Crippen LogP contribution in [0.25, 0.3) is 11.2 Å². The maximum Gasteiger partial charge on any atom is 0.325 e. The van der Waals surface area contributed by atoms with Gasteiger partial charge in [-0.15, -0.1) is 4.98 Å². The second-order valence-electron chi connectivity index (χ2n) is 5.92. The molecule has 1 aliphatic rings. The third-order valence-corrected chi connectivity index (χ3v) is 4.61. The van der Waals surface area contributed by atoms with Gasteiger partial charge in [0.15, 0.2) is 11.8 Å².